The van der Waals surface area contributed by atoms with Crippen molar-refractivity contribution in [3.63, 3.8) is 0 Å². The molecule has 10 heteroatoms. The average molecular weight is 452 g/mol. The lowest BCUT2D eigenvalue weighted by molar-refractivity contribution is -0.120. The Morgan fingerprint density at radius 3 is 2.83 bits per heavy atom. The van der Waals surface area contributed by atoms with E-state index in [1.54, 1.807) is 4.90 Å². The van der Waals surface area contributed by atoms with Crippen molar-refractivity contribution in [2.24, 2.45) is 10.7 Å². The number of thioether (sulfide) groups is 1. The molecular weight excluding hydrogens is 426 g/mol. The van der Waals surface area contributed by atoms with Crippen molar-refractivity contribution in [1.29, 1.82) is 0 Å². The molecule has 8 nitrogen and oxygen atoms in total. The number of cyclic esters (lactones) is 1. The van der Waals surface area contributed by atoms with Crippen molar-refractivity contribution < 1.29 is 14.3 Å². The van der Waals surface area contributed by atoms with Crippen molar-refractivity contribution in [3.8, 4) is 0 Å². The van der Waals surface area contributed by atoms with Crippen molar-refractivity contribution in [2.45, 2.75) is 31.1 Å². The van der Waals surface area contributed by atoms with Crippen LogP contribution in [0.5, 0.6) is 0 Å². The van der Waals surface area contributed by atoms with E-state index in [0.717, 1.165) is 17.8 Å². The van der Waals surface area contributed by atoms with Gasteiger partial charge in [0.1, 0.15) is 6.10 Å². The maximum Gasteiger partial charge on any atom is 0.414 e. The first kappa shape index (κ1) is 22.3. The van der Waals surface area contributed by atoms with E-state index in [1.807, 2.05) is 37.3 Å². The number of allylic oxidation sites excluding steroid dienone is 1. The highest BCUT2D eigenvalue weighted by molar-refractivity contribution is 8.06. The number of hydrogen-bond acceptors (Lipinski definition) is 6. The number of nitrogens with zero attached hydrogens (tertiary/aromatic N) is 2. The van der Waals surface area contributed by atoms with Crippen LogP contribution in [0.4, 0.5) is 16.2 Å². The molecule has 1 fully saturated rings. The van der Waals surface area contributed by atoms with Crippen molar-refractivity contribution >= 4 is 52.6 Å². The normalized spacial score (nSPS) is 21.4. The van der Waals surface area contributed by atoms with E-state index in [1.165, 1.54) is 11.8 Å². The lowest BCUT2D eigenvalue weighted by atomic mass is 10.2. The zero-order chi connectivity index (χ0) is 21.5. The Morgan fingerprint density at radius 1 is 1.40 bits per heavy atom. The number of carbonyl (C=O) groups is 2. The lowest BCUT2D eigenvalue weighted by Gasteiger charge is -2.15. The number of nitrogens with two attached hydrogens (primary N) is 1. The summed E-state index contributed by atoms with van der Waals surface area (Å²) in [5, 5.41) is 5.90. The minimum absolute atomic E-state index is 0.0955. The molecule has 162 valence electrons. The number of anilines is 2. The topological polar surface area (TPSA) is 109 Å². The van der Waals surface area contributed by atoms with Crippen LogP contribution in [0, 0.1) is 0 Å². The van der Waals surface area contributed by atoms with Gasteiger partial charge in [-0.05, 0) is 30.7 Å². The molecule has 1 aromatic carbocycles. The molecule has 2 aliphatic rings. The number of carbonyl (C=O) groups excluding carboxylic acids is 2. The zero-order valence-electron chi connectivity index (χ0n) is 16.8. The van der Waals surface area contributed by atoms with Crippen LogP contribution in [0.25, 0.3) is 0 Å². The average Bonchev–Trinajstić information content (AvgIpc) is 3.35. The van der Waals surface area contributed by atoms with Crippen molar-refractivity contribution in [1.82, 2.24) is 5.32 Å². The Labute approximate surface area is 185 Å². The third kappa shape index (κ3) is 6.06. The van der Waals surface area contributed by atoms with Crippen LogP contribution in [0.2, 0.25) is 0 Å². The van der Waals surface area contributed by atoms with Crippen LogP contribution in [0.15, 0.2) is 39.7 Å². The number of hydrogen-bond donors (Lipinski definition) is 3. The second kappa shape index (κ2) is 10.6. The summed E-state index contributed by atoms with van der Waals surface area (Å²) in [4.78, 5) is 30.2. The fourth-order valence-corrected chi connectivity index (χ4v) is 4.29. The highest BCUT2D eigenvalue weighted by Gasteiger charge is 2.33. The molecule has 0 bridgehead atoms. The Hall–Kier alpha value is -2.39. The number of benzene rings is 1. The predicted octanol–water partition coefficient (Wildman–Crippen LogP) is 2.89. The first-order chi connectivity index (χ1) is 14.5. The molecule has 4 N–H and O–H groups in total. The molecule has 1 unspecified atom stereocenters. The Morgan fingerprint density at radius 2 is 2.17 bits per heavy atom. The van der Waals surface area contributed by atoms with Gasteiger partial charge < -0.3 is 21.1 Å². The third-order valence-corrected chi connectivity index (χ3v) is 6.22. The van der Waals surface area contributed by atoms with Crippen LogP contribution in [-0.2, 0) is 9.53 Å². The molecule has 0 aliphatic carbocycles. The van der Waals surface area contributed by atoms with Gasteiger partial charge in [0.15, 0.2) is 0 Å². The summed E-state index contributed by atoms with van der Waals surface area (Å²) >= 11 is 7.24. The number of amidine groups is 1. The van der Waals surface area contributed by atoms with E-state index in [9.17, 15) is 9.59 Å². The number of rotatable bonds is 9. The second-order valence-electron chi connectivity index (χ2n) is 6.91. The minimum atomic E-state index is -0.417. The molecule has 30 heavy (non-hydrogen) atoms. The Bertz CT molecular complexity index is 830. The minimum Gasteiger partial charge on any atom is -0.442 e. The van der Waals surface area contributed by atoms with Gasteiger partial charge in [-0.15, -0.1) is 11.8 Å². The van der Waals surface area contributed by atoms with Gasteiger partial charge in [0.25, 0.3) is 0 Å². The summed E-state index contributed by atoms with van der Waals surface area (Å²) in [5.74, 6) is 0.551. The van der Waals surface area contributed by atoms with Gasteiger partial charge in [0.05, 0.1) is 35.1 Å². The van der Waals surface area contributed by atoms with E-state index in [2.05, 4.69) is 15.6 Å². The van der Waals surface area contributed by atoms with E-state index in [0.29, 0.717) is 36.3 Å². The molecule has 0 aromatic heterocycles. The van der Waals surface area contributed by atoms with E-state index >= 15 is 0 Å². The molecule has 2 atom stereocenters. The molecular formula is C20H26ClN5O3S. The number of ether oxygens (including phenoxy) is 1. The van der Waals surface area contributed by atoms with Gasteiger partial charge in [-0.25, -0.2) is 4.79 Å². The molecule has 1 aromatic rings. The predicted molar refractivity (Wildman–Crippen MR) is 122 cm³/mol. The van der Waals surface area contributed by atoms with E-state index < -0.39 is 12.2 Å². The van der Waals surface area contributed by atoms with Gasteiger partial charge in [0, 0.05) is 24.3 Å². The number of amides is 2. The Kier molecular flexibility index (Phi) is 7.87. The fourth-order valence-electron chi connectivity index (χ4n) is 3.03. The Balaban J connectivity index is 1.44. The molecule has 2 heterocycles. The van der Waals surface area contributed by atoms with Gasteiger partial charge in [-0.2, -0.15) is 0 Å². The largest absolute Gasteiger partial charge is 0.442 e. The summed E-state index contributed by atoms with van der Waals surface area (Å²) in [5.41, 5.74) is 7.36. The molecule has 2 amide bonds. The van der Waals surface area contributed by atoms with E-state index in [-0.39, 0.29) is 17.7 Å². The molecule has 1 saturated heterocycles. The number of aliphatic imine (C=N–C) groups is 1. The zero-order valence-corrected chi connectivity index (χ0v) is 18.3. The van der Waals surface area contributed by atoms with Gasteiger partial charge in [0.2, 0.25) is 5.91 Å². The molecule has 3 rings (SSSR count). The third-order valence-electron chi connectivity index (χ3n) is 4.71. The van der Waals surface area contributed by atoms with Crippen LogP contribution < -0.4 is 21.3 Å². The highest BCUT2D eigenvalue weighted by Crippen LogP contribution is 2.34. The maximum absolute atomic E-state index is 12.2. The van der Waals surface area contributed by atoms with Crippen LogP contribution >= 0.6 is 23.4 Å². The van der Waals surface area contributed by atoms with Gasteiger partial charge in [-0.1, -0.05) is 24.6 Å². The fraction of sp³-hybridized carbons (Fsp3) is 0.450. The van der Waals surface area contributed by atoms with Gasteiger partial charge >= 0.3 is 6.09 Å². The number of nitrogens with one attached hydrogen (secondary N) is 2. The SMILES string of the molecule is CCC(N)=NCCNc1ccc(N2C[C@H](CNC(=O)C3CC=C(Cl)S3)OC2=O)cc1. The van der Waals surface area contributed by atoms with Gasteiger partial charge in [-0.3, -0.25) is 14.7 Å². The second-order valence-corrected chi connectivity index (χ2v) is 8.79. The van der Waals surface area contributed by atoms with Crippen molar-refractivity contribution in [2.75, 3.05) is 36.4 Å². The lowest BCUT2D eigenvalue weighted by Crippen LogP contribution is -2.38. The van der Waals surface area contributed by atoms with Crippen LogP contribution in [0.3, 0.4) is 0 Å². The highest BCUT2D eigenvalue weighted by atomic mass is 35.5. The van der Waals surface area contributed by atoms with E-state index in [4.69, 9.17) is 22.1 Å². The standard InChI is InChI=1S/C20H26ClN5O3S/c1-2-18(22)24-10-9-23-13-3-5-14(6-4-13)26-12-15(29-20(26)28)11-25-19(27)16-7-8-17(21)30-16/h3-6,8,15-16,23H,2,7,9-12H2,1H3,(H2,22,24)(H,25,27)/t15-,16?/m0/s1. The van der Waals surface area contributed by atoms with Crippen LogP contribution in [-0.4, -0.2) is 55.4 Å². The summed E-state index contributed by atoms with van der Waals surface area (Å²) in [6, 6.07) is 7.52. The van der Waals surface area contributed by atoms with Crippen molar-refractivity contribution in [3.05, 3.63) is 34.7 Å². The summed E-state index contributed by atoms with van der Waals surface area (Å²) in [6.07, 6.45) is 2.39. The van der Waals surface area contributed by atoms with Crippen LogP contribution in [0.1, 0.15) is 19.8 Å². The number of halogens is 1. The first-order valence-electron chi connectivity index (χ1n) is 9.87. The molecule has 0 saturated carbocycles. The maximum atomic E-state index is 12.2. The molecule has 2 aliphatic heterocycles. The monoisotopic (exact) mass is 451 g/mol. The summed E-state index contributed by atoms with van der Waals surface area (Å²) in [6.45, 7) is 3.90. The molecule has 0 spiro atoms. The summed E-state index contributed by atoms with van der Waals surface area (Å²) in [7, 11) is 0. The summed E-state index contributed by atoms with van der Waals surface area (Å²) < 4.78 is 6.03. The first-order valence-corrected chi connectivity index (χ1v) is 11.1. The smallest absolute Gasteiger partial charge is 0.414 e. The molecule has 0 radical (unpaired) electrons. The quantitative estimate of drug-likeness (QED) is 0.302.